The first-order valence-corrected chi connectivity index (χ1v) is 7.97. The first kappa shape index (κ1) is 15.3. The van der Waals surface area contributed by atoms with Crippen molar-refractivity contribution in [1.82, 2.24) is 10.3 Å². The highest BCUT2D eigenvalue weighted by molar-refractivity contribution is 7.09. The second kappa shape index (κ2) is 7.62. The minimum absolute atomic E-state index is 0.501. The summed E-state index contributed by atoms with van der Waals surface area (Å²) < 4.78 is 5.87. The summed E-state index contributed by atoms with van der Waals surface area (Å²) in [6.45, 7) is 6.38. The number of rotatable bonds is 7. The highest BCUT2D eigenvalue weighted by atomic mass is 35.5. The van der Waals surface area contributed by atoms with E-state index in [2.05, 4.69) is 17.2 Å². The number of benzene rings is 1. The Morgan fingerprint density at radius 1 is 1.40 bits per heavy atom. The minimum Gasteiger partial charge on any atom is -0.486 e. The zero-order valence-corrected chi connectivity index (χ0v) is 13.4. The fourth-order valence-corrected chi connectivity index (χ4v) is 2.71. The predicted molar refractivity (Wildman–Crippen MR) is 84.6 cm³/mol. The number of halogens is 1. The third kappa shape index (κ3) is 4.47. The van der Waals surface area contributed by atoms with E-state index in [-0.39, 0.29) is 0 Å². The average Bonchev–Trinajstić information content (AvgIpc) is 2.84. The lowest BCUT2D eigenvalue weighted by molar-refractivity contribution is 0.301. The molecule has 1 heterocycles. The van der Waals surface area contributed by atoms with Crippen LogP contribution in [0.2, 0.25) is 5.02 Å². The van der Waals surface area contributed by atoms with Gasteiger partial charge in [-0.25, -0.2) is 4.98 Å². The van der Waals surface area contributed by atoms with Crippen LogP contribution in [0, 0.1) is 6.92 Å². The zero-order valence-electron chi connectivity index (χ0n) is 11.8. The molecule has 20 heavy (non-hydrogen) atoms. The molecule has 0 aliphatic carbocycles. The molecule has 0 unspecified atom stereocenters. The summed E-state index contributed by atoms with van der Waals surface area (Å²) >= 11 is 7.68. The van der Waals surface area contributed by atoms with Crippen molar-refractivity contribution < 1.29 is 4.74 Å². The minimum atomic E-state index is 0.501. The van der Waals surface area contributed by atoms with Gasteiger partial charge in [0.2, 0.25) is 0 Å². The summed E-state index contributed by atoms with van der Waals surface area (Å²) in [5.74, 6) is 0.867. The number of thiazole rings is 1. The van der Waals surface area contributed by atoms with Crippen LogP contribution in [0.4, 0.5) is 0 Å². The maximum absolute atomic E-state index is 6.06. The van der Waals surface area contributed by atoms with E-state index in [1.54, 1.807) is 11.3 Å². The predicted octanol–water partition coefficient (Wildman–Crippen LogP) is 4.18. The van der Waals surface area contributed by atoms with E-state index in [1.165, 1.54) is 0 Å². The Labute approximate surface area is 129 Å². The first-order chi connectivity index (χ1) is 9.69. The number of nitrogens with zero attached hydrogens (tertiary/aromatic N) is 1. The van der Waals surface area contributed by atoms with Crippen LogP contribution in [-0.2, 0) is 13.2 Å². The molecular weight excluding hydrogens is 292 g/mol. The van der Waals surface area contributed by atoms with Crippen LogP contribution in [0.3, 0.4) is 0 Å². The number of nitrogens with one attached hydrogen (secondary N) is 1. The molecule has 1 aromatic heterocycles. The maximum atomic E-state index is 6.06. The summed E-state index contributed by atoms with van der Waals surface area (Å²) in [6, 6.07) is 5.73. The second-order valence-electron chi connectivity index (χ2n) is 4.60. The Balaban J connectivity index is 2.01. The maximum Gasteiger partial charge on any atom is 0.140 e. The van der Waals surface area contributed by atoms with Crippen LogP contribution in [0.1, 0.15) is 29.6 Å². The zero-order chi connectivity index (χ0) is 14.4. The lowest BCUT2D eigenvalue weighted by atomic mass is 10.2. The highest BCUT2D eigenvalue weighted by Crippen LogP contribution is 2.24. The summed E-state index contributed by atoms with van der Waals surface area (Å²) in [5, 5.41) is 7.12. The molecule has 108 valence electrons. The molecule has 0 amide bonds. The Morgan fingerprint density at radius 3 is 2.95 bits per heavy atom. The van der Waals surface area contributed by atoms with Crippen LogP contribution in [0.25, 0.3) is 0 Å². The monoisotopic (exact) mass is 310 g/mol. The van der Waals surface area contributed by atoms with Gasteiger partial charge < -0.3 is 10.1 Å². The smallest absolute Gasteiger partial charge is 0.140 e. The molecule has 0 bridgehead atoms. The molecule has 1 aromatic carbocycles. The van der Waals surface area contributed by atoms with Crippen molar-refractivity contribution in [2.75, 3.05) is 6.54 Å². The summed E-state index contributed by atoms with van der Waals surface area (Å²) in [4.78, 5) is 4.40. The lowest BCUT2D eigenvalue weighted by Gasteiger charge is -2.11. The largest absolute Gasteiger partial charge is 0.486 e. The molecule has 0 aliphatic heterocycles. The van der Waals surface area contributed by atoms with Crippen molar-refractivity contribution in [3.63, 3.8) is 0 Å². The fraction of sp³-hybridized carbons (Fsp3) is 0.400. The van der Waals surface area contributed by atoms with Gasteiger partial charge in [-0.3, -0.25) is 0 Å². The molecule has 0 aliphatic rings. The third-order valence-corrected chi connectivity index (χ3v) is 3.96. The summed E-state index contributed by atoms with van der Waals surface area (Å²) in [7, 11) is 0. The van der Waals surface area contributed by atoms with Gasteiger partial charge in [-0.05, 0) is 38.1 Å². The van der Waals surface area contributed by atoms with E-state index >= 15 is 0 Å². The Kier molecular flexibility index (Phi) is 5.83. The van der Waals surface area contributed by atoms with Crippen molar-refractivity contribution >= 4 is 22.9 Å². The van der Waals surface area contributed by atoms with Crippen molar-refractivity contribution in [3.05, 3.63) is 44.9 Å². The number of aryl methyl sites for hydroxylation is 1. The molecule has 0 radical (unpaired) electrons. The van der Waals surface area contributed by atoms with Gasteiger partial charge in [0.05, 0.1) is 0 Å². The van der Waals surface area contributed by atoms with Gasteiger partial charge in [0, 0.05) is 28.2 Å². The van der Waals surface area contributed by atoms with Gasteiger partial charge in [-0.2, -0.15) is 0 Å². The fourth-order valence-electron chi connectivity index (χ4n) is 1.84. The molecule has 3 nitrogen and oxygen atoms in total. The van der Waals surface area contributed by atoms with Gasteiger partial charge >= 0.3 is 0 Å². The number of ether oxygens (including phenoxy) is 1. The first-order valence-electron chi connectivity index (χ1n) is 6.72. The highest BCUT2D eigenvalue weighted by Gasteiger charge is 2.06. The van der Waals surface area contributed by atoms with E-state index in [0.717, 1.165) is 46.5 Å². The molecule has 2 aromatic rings. The van der Waals surface area contributed by atoms with Crippen molar-refractivity contribution in [3.8, 4) is 5.75 Å². The third-order valence-electron chi connectivity index (χ3n) is 2.78. The van der Waals surface area contributed by atoms with Crippen molar-refractivity contribution in [2.45, 2.75) is 33.4 Å². The van der Waals surface area contributed by atoms with Gasteiger partial charge in [0.25, 0.3) is 0 Å². The number of aromatic nitrogens is 1. The van der Waals surface area contributed by atoms with E-state index in [0.29, 0.717) is 6.61 Å². The molecule has 0 fully saturated rings. The van der Waals surface area contributed by atoms with Gasteiger partial charge in [0.15, 0.2) is 0 Å². The van der Waals surface area contributed by atoms with Crippen molar-refractivity contribution in [1.29, 1.82) is 0 Å². The van der Waals surface area contributed by atoms with Crippen LogP contribution in [-0.4, -0.2) is 11.5 Å². The van der Waals surface area contributed by atoms with Gasteiger partial charge in [-0.15, -0.1) is 11.3 Å². The van der Waals surface area contributed by atoms with E-state index in [9.17, 15) is 0 Å². The van der Waals surface area contributed by atoms with Crippen LogP contribution < -0.4 is 10.1 Å². The van der Waals surface area contributed by atoms with E-state index in [4.69, 9.17) is 16.3 Å². The van der Waals surface area contributed by atoms with E-state index < -0.39 is 0 Å². The average molecular weight is 311 g/mol. The Hall–Kier alpha value is -1.10. The molecule has 0 saturated heterocycles. The summed E-state index contributed by atoms with van der Waals surface area (Å²) in [6.07, 6.45) is 1.11. The lowest BCUT2D eigenvalue weighted by Crippen LogP contribution is -2.14. The molecular formula is C15H19ClN2OS. The molecule has 2 rings (SSSR count). The standard InChI is InChI=1S/C15H19ClN2OS/c1-3-6-17-8-12-7-13(16)4-5-14(12)19-9-15-18-11(2)10-20-15/h4-5,7,10,17H,3,6,8-9H2,1-2H3. The quantitative estimate of drug-likeness (QED) is 0.779. The van der Waals surface area contributed by atoms with Crippen LogP contribution >= 0.6 is 22.9 Å². The second-order valence-corrected chi connectivity index (χ2v) is 5.98. The van der Waals surface area contributed by atoms with Crippen LogP contribution in [0.5, 0.6) is 5.75 Å². The normalized spacial score (nSPS) is 10.8. The SMILES string of the molecule is CCCNCc1cc(Cl)ccc1OCc1nc(C)cs1. The molecule has 0 spiro atoms. The molecule has 5 heteroatoms. The Bertz CT molecular complexity index is 557. The number of hydrogen-bond donors (Lipinski definition) is 1. The topological polar surface area (TPSA) is 34.1 Å². The number of hydrogen-bond acceptors (Lipinski definition) is 4. The van der Waals surface area contributed by atoms with Gasteiger partial charge in [-0.1, -0.05) is 18.5 Å². The van der Waals surface area contributed by atoms with Crippen molar-refractivity contribution in [2.24, 2.45) is 0 Å². The molecule has 1 N–H and O–H groups in total. The van der Waals surface area contributed by atoms with Crippen LogP contribution in [0.15, 0.2) is 23.6 Å². The summed E-state index contributed by atoms with van der Waals surface area (Å²) in [5.41, 5.74) is 2.12. The molecule has 0 saturated carbocycles. The Morgan fingerprint density at radius 2 is 2.25 bits per heavy atom. The van der Waals surface area contributed by atoms with Gasteiger partial charge in [0.1, 0.15) is 17.4 Å². The van der Waals surface area contributed by atoms with E-state index in [1.807, 2.05) is 30.5 Å². The molecule has 0 atom stereocenters.